The van der Waals surface area contributed by atoms with E-state index < -0.39 is 11.6 Å². The number of hydrogen-bond donors (Lipinski definition) is 3. The maximum atomic E-state index is 12.0. The second-order valence-electron chi connectivity index (χ2n) is 5.31. The van der Waals surface area contributed by atoms with E-state index in [9.17, 15) is 10.1 Å². The molecule has 0 saturated carbocycles. The smallest absolute Gasteiger partial charge is 0.237 e. The zero-order chi connectivity index (χ0) is 15.5. The summed E-state index contributed by atoms with van der Waals surface area (Å²) in [6, 6.07) is 6.92. The molecule has 6 nitrogen and oxygen atoms in total. The topological polar surface area (TPSA) is 100 Å². The van der Waals surface area contributed by atoms with Crippen molar-refractivity contribution >= 4 is 5.91 Å². The summed E-state index contributed by atoms with van der Waals surface area (Å²) in [6.07, 6.45) is 0.715. The average Bonchev–Trinajstić information content (AvgIpc) is 2.95. The van der Waals surface area contributed by atoms with Crippen LogP contribution in [0.15, 0.2) is 18.2 Å². The van der Waals surface area contributed by atoms with Gasteiger partial charge in [-0.3, -0.25) is 4.79 Å². The summed E-state index contributed by atoms with van der Waals surface area (Å²) in [7, 11) is 1.56. The van der Waals surface area contributed by atoms with E-state index in [1.54, 1.807) is 26.2 Å². The molecule has 1 aliphatic heterocycles. The van der Waals surface area contributed by atoms with Crippen molar-refractivity contribution in [3.63, 3.8) is 0 Å². The third-order valence-corrected chi connectivity index (χ3v) is 3.79. The highest BCUT2D eigenvalue weighted by atomic mass is 16.5. The summed E-state index contributed by atoms with van der Waals surface area (Å²) in [4.78, 5) is 12.0. The number of amides is 1. The maximum absolute atomic E-state index is 12.0. The third-order valence-electron chi connectivity index (χ3n) is 3.79. The lowest BCUT2D eigenvalue weighted by Crippen LogP contribution is -2.52. The first-order valence-electron chi connectivity index (χ1n) is 6.89. The van der Waals surface area contributed by atoms with E-state index in [1.807, 2.05) is 6.07 Å². The van der Waals surface area contributed by atoms with Crippen molar-refractivity contribution in [2.24, 2.45) is 5.73 Å². The molecule has 1 fully saturated rings. The van der Waals surface area contributed by atoms with E-state index in [-0.39, 0.29) is 5.91 Å². The van der Waals surface area contributed by atoms with Gasteiger partial charge in [0.25, 0.3) is 0 Å². The number of hydrogen-bond acceptors (Lipinski definition) is 5. The Morgan fingerprint density at radius 3 is 2.90 bits per heavy atom. The second-order valence-corrected chi connectivity index (χ2v) is 5.31. The molecule has 1 amide bonds. The fourth-order valence-corrected chi connectivity index (χ4v) is 2.61. The molecule has 112 valence electrons. The third kappa shape index (κ3) is 2.99. The molecule has 6 heteroatoms. The van der Waals surface area contributed by atoms with Gasteiger partial charge in [-0.25, -0.2) is 0 Å². The summed E-state index contributed by atoms with van der Waals surface area (Å²) in [5, 5.41) is 15.6. The molecule has 21 heavy (non-hydrogen) atoms. The van der Waals surface area contributed by atoms with Gasteiger partial charge < -0.3 is 21.1 Å². The maximum Gasteiger partial charge on any atom is 0.237 e. The van der Waals surface area contributed by atoms with Gasteiger partial charge in [0.2, 0.25) is 5.91 Å². The number of nitriles is 1. The van der Waals surface area contributed by atoms with E-state index in [2.05, 4.69) is 16.7 Å². The zero-order valence-electron chi connectivity index (χ0n) is 12.3. The van der Waals surface area contributed by atoms with Crippen LogP contribution in [0.2, 0.25) is 0 Å². The van der Waals surface area contributed by atoms with Crippen molar-refractivity contribution < 1.29 is 9.53 Å². The Morgan fingerprint density at radius 2 is 2.38 bits per heavy atom. The Kier molecular flexibility index (Phi) is 4.46. The van der Waals surface area contributed by atoms with Crippen LogP contribution in [-0.2, 0) is 10.3 Å². The largest absolute Gasteiger partial charge is 0.497 e. The molecular weight excluding hydrogens is 268 g/mol. The van der Waals surface area contributed by atoms with Crippen LogP contribution in [0.25, 0.3) is 0 Å². The van der Waals surface area contributed by atoms with Crippen molar-refractivity contribution in [3.8, 4) is 11.8 Å². The first kappa shape index (κ1) is 15.3. The minimum absolute atomic E-state index is 0.224. The van der Waals surface area contributed by atoms with Crippen LogP contribution in [0.5, 0.6) is 5.75 Å². The van der Waals surface area contributed by atoms with Crippen LogP contribution in [-0.4, -0.2) is 32.1 Å². The minimum Gasteiger partial charge on any atom is -0.497 e. The predicted molar refractivity (Wildman–Crippen MR) is 78.7 cm³/mol. The van der Waals surface area contributed by atoms with Crippen molar-refractivity contribution in [2.75, 3.05) is 20.2 Å². The Balaban J connectivity index is 2.43. The number of nitrogens with two attached hydrogens (primary N) is 1. The van der Waals surface area contributed by atoms with Gasteiger partial charge in [-0.2, -0.15) is 5.26 Å². The number of ether oxygens (including phenoxy) is 1. The van der Waals surface area contributed by atoms with Crippen molar-refractivity contribution in [2.45, 2.75) is 24.9 Å². The number of carbonyl (C=O) groups is 1. The number of rotatable bonds is 4. The fraction of sp³-hybridized carbons (Fsp3) is 0.467. The van der Waals surface area contributed by atoms with E-state index in [4.69, 9.17) is 10.5 Å². The molecule has 1 aromatic rings. The molecule has 0 spiro atoms. The lowest BCUT2D eigenvalue weighted by Gasteiger charge is -2.32. The molecule has 0 unspecified atom stereocenters. The first-order chi connectivity index (χ1) is 10.0. The van der Waals surface area contributed by atoms with Gasteiger partial charge in [-0.15, -0.1) is 0 Å². The van der Waals surface area contributed by atoms with Gasteiger partial charge >= 0.3 is 0 Å². The van der Waals surface area contributed by atoms with Crippen molar-refractivity contribution in [1.82, 2.24) is 10.6 Å². The Labute approximate surface area is 124 Å². The molecule has 1 saturated heterocycles. The number of methoxy groups -OCH3 is 1. The van der Waals surface area contributed by atoms with Crippen LogP contribution in [0.3, 0.4) is 0 Å². The minimum atomic E-state index is -0.595. The van der Waals surface area contributed by atoms with Crippen LogP contribution in [0, 0.1) is 11.3 Å². The molecule has 4 N–H and O–H groups in total. The highest BCUT2D eigenvalue weighted by molar-refractivity contribution is 5.82. The van der Waals surface area contributed by atoms with Crippen molar-refractivity contribution in [1.29, 1.82) is 5.26 Å². The first-order valence-corrected chi connectivity index (χ1v) is 6.89. The molecule has 1 aliphatic rings. The Bertz CT molecular complexity index is 572. The van der Waals surface area contributed by atoms with Gasteiger partial charge in [0.1, 0.15) is 5.75 Å². The highest BCUT2D eigenvalue weighted by Crippen LogP contribution is 2.32. The molecule has 2 rings (SSSR count). The molecule has 1 aromatic carbocycles. The fourth-order valence-electron chi connectivity index (χ4n) is 2.61. The molecule has 0 bridgehead atoms. The summed E-state index contributed by atoms with van der Waals surface area (Å²) >= 11 is 0. The zero-order valence-corrected chi connectivity index (χ0v) is 12.3. The van der Waals surface area contributed by atoms with Crippen molar-refractivity contribution in [3.05, 3.63) is 29.3 Å². The van der Waals surface area contributed by atoms with E-state index in [1.165, 1.54) is 0 Å². The molecule has 0 radical (unpaired) electrons. The van der Waals surface area contributed by atoms with Crippen LogP contribution in [0.4, 0.5) is 0 Å². The normalized spacial score (nSPS) is 22.4. The van der Waals surface area contributed by atoms with Crippen LogP contribution < -0.4 is 21.1 Å². The summed E-state index contributed by atoms with van der Waals surface area (Å²) < 4.78 is 5.15. The standard InChI is InChI=1S/C15H20N4O2/c1-10(17)14(20)19-15(5-6-18-9-15)13-4-3-12(21-2)7-11(13)8-16/h3-4,7,10,18H,5-6,9,17H2,1-2H3,(H,19,20)/t10-,15+/m0/s1. The lowest BCUT2D eigenvalue weighted by molar-refractivity contribution is -0.123. The highest BCUT2D eigenvalue weighted by Gasteiger charge is 2.39. The molecule has 2 atom stereocenters. The molecule has 0 aromatic heterocycles. The van der Waals surface area contributed by atoms with E-state index >= 15 is 0 Å². The SMILES string of the molecule is COc1ccc([C@@]2(NC(=O)[C@H](C)N)CCNC2)c(C#N)c1. The Morgan fingerprint density at radius 1 is 1.62 bits per heavy atom. The number of nitrogens with one attached hydrogen (secondary N) is 2. The van der Waals surface area contributed by atoms with E-state index in [0.717, 1.165) is 12.1 Å². The summed E-state index contributed by atoms with van der Waals surface area (Å²) in [5.74, 6) is 0.397. The predicted octanol–water partition coefficient (Wildman–Crippen LogP) is 0.219. The number of carbonyl (C=O) groups excluding carboxylic acids is 1. The van der Waals surface area contributed by atoms with Gasteiger partial charge in [-0.05, 0) is 37.6 Å². The van der Waals surface area contributed by atoms with E-state index in [0.29, 0.717) is 24.3 Å². The monoisotopic (exact) mass is 288 g/mol. The van der Waals surface area contributed by atoms with Gasteiger partial charge in [-0.1, -0.05) is 6.07 Å². The molecule has 1 heterocycles. The summed E-state index contributed by atoms with van der Waals surface area (Å²) in [6.45, 7) is 2.99. The van der Waals surface area contributed by atoms with Gasteiger partial charge in [0.05, 0.1) is 30.3 Å². The molecular formula is C15H20N4O2. The van der Waals surface area contributed by atoms with Gasteiger partial charge in [0.15, 0.2) is 0 Å². The quantitative estimate of drug-likeness (QED) is 0.736. The summed E-state index contributed by atoms with van der Waals surface area (Å²) in [5.41, 5.74) is 6.35. The lowest BCUT2D eigenvalue weighted by atomic mass is 9.85. The molecule has 0 aliphatic carbocycles. The number of nitrogens with zero attached hydrogens (tertiary/aromatic N) is 1. The Hall–Kier alpha value is -2.10. The number of benzene rings is 1. The van der Waals surface area contributed by atoms with Gasteiger partial charge in [0, 0.05) is 6.54 Å². The van der Waals surface area contributed by atoms with Crippen LogP contribution >= 0.6 is 0 Å². The average molecular weight is 288 g/mol. The van der Waals surface area contributed by atoms with Crippen LogP contribution in [0.1, 0.15) is 24.5 Å². The second kappa shape index (κ2) is 6.12.